The van der Waals surface area contributed by atoms with Crippen LogP contribution in [-0.4, -0.2) is 61.5 Å². The van der Waals surface area contributed by atoms with Crippen molar-refractivity contribution >= 4 is 21.6 Å². The van der Waals surface area contributed by atoms with Crippen LogP contribution in [0.25, 0.3) is 0 Å². The molecule has 0 aromatic carbocycles. The van der Waals surface area contributed by atoms with E-state index in [-0.39, 0.29) is 5.25 Å². The maximum absolute atomic E-state index is 12.0. The van der Waals surface area contributed by atoms with Crippen molar-refractivity contribution in [1.29, 1.82) is 0 Å². The second kappa shape index (κ2) is 6.19. The first kappa shape index (κ1) is 14.2. The molecule has 0 saturated carbocycles. The van der Waals surface area contributed by atoms with Gasteiger partial charge in [0.05, 0.1) is 5.25 Å². The molecule has 1 fully saturated rings. The molecule has 4 nitrogen and oxygen atoms in total. The van der Waals surface area contributed by atoms with Crippen molar-refractivity contribution in [3.63, 3.8) is 0 Å². The fourth-order valence-corrected chi connectivity index (χ4v) is 3.40. The third kappa shape index (κ3) is 3.58. The van der Waals surface area contributed by atoms with Crippen molar-refractivity contribution < 1.29 is 8.42 Å². The van der Waals surface area contributed by atoms with Crippen LogP contribution in [0.15, 0.2) is 0 Å². The molecule has 0 unspecified atom stereocenters. The van der Waals surface area contributed by atoms with Gasteiger partial charge in [-0.05, 0) is 26.8 Å². The maximum atomic E-state index is 12.0. The molecule has 0 N–H and O–H groups in total. The van der Waals surface area contributed by atoms with E-state index < -0.39 is 10.0 Å². The van der Waals surface area contributed by atoms with E-state index in [1.54, 1.807) is 18.2 Å². The van der Waals surface area contributed by atoms with E-state index in [2.05, 4.69) is 4.90 Å². The summed E-state index contributed by atoms with van der Waals surface area (Å²) in [5, 5.41) is -0.327. The Morgan fingerprint density at radius 1 is 1.19 bits per heavy atom. The minimum atomic E-state index is -3.09. The molecule has 16 heavy (non-hydrogen) atoms. The molecule has 0 spiro atoms. The first-order valence-corrected chi connectivity index (χ1v) is 7.79. The van der Waals surface area contributed by atoms with Gasteiger partial charge in [-0.1, -0.05) is 0 Å². The molecule has 1 rings (SSSR count). The van der Waals surface area contributed by atoms with E-state index >= 15 is 0 Å². The molecule has 1 aliphatic heterocycles. The fraction of sp³-hybridized carbons (Fsp3) is 1.00. The molecule has 0 atom stereocenters. The smallest absolute Gasteiger partial charge is 0.216 e. The normalized spacial score (nSPS) is 21.2. The van der Waals surface area contributed by atoms with Crippen molar-refractivity contribution in [3.05, 3.63) is 0 Å². The zero-order chi connectivity index (χ0) is 12.2. The standard InChI is InChI=1S/C10H21ClN2O2S/c1-10(2)16(14,15)13-6-3-5-12(7-4-11)8-9-13/h10H,3-9H2,1-2H3. The predicted octanol–water partition coefficient (Wildman–Crippen LogP) is 0.971. The molecule has 6 heteroatoms. The monoisotopic (exact) mass is 268 g/mol. The van der Waals surface area contributed by atoms with Gasteiger partial charge in [0.1, 0.15) is 0 Å². The van der Waals surface area contributed by atoms with Gasteiger partial charge in [0.15, 0.2) is 0 Å². The lowest BCUT2D eigenvalue weighted by Crippen LogP contribution is -2.39. The van der Waals surface area contributed by atoms with Crippen molar-refractivity contribution in [2.24, 2.45) is 0 Å². The third-order valence-electron chi connectivity index (χ3n) is 2.90. The number of rotatable bonds is 4. The van der Waals surface area contributed by atoms with Gasteiger partial charge in [-0.2, -0.15) is 0 Å². The Labute approximate surface area is 104 Å². The third-order valence-corrected chi connectivity index (χ3v) is 5.35. The van der Waals surface area contributed by atoms with Gasteiger partial charge in [0.2, 0.25) is 10.0 Å². The summed E-state index contributed by atoms with van der Waals surface area (Å²) in [6.45, 7) is 7.27. The zero-order valence-electron chi connectivity index (χ0n) is 10.0. The van der Waals surface area contributed by atoms with Gasteiger partial charge in [0.25, 0.3) is 0 Å². The van der Waals surface area contributed by atoms with Crippen LogP contribution in [-0.2, 0) is 10.0 Å². The van der Waals surface area contributed by atoms with Gasteiger partial charge in [-0.3, -0.25) is 0 Å². The number of hydrogen-bond acceptors (Lipinski definition) is 3. The molecule has 1 heterocycles. The maximum Gasteiger partial charge on any atom is 0.216 e. The quantitative estimate of drug-likeness (QED) is 0.714. The SMILES string of the molecule is CC(C)S(=O)(=O)N1CCCN(CCCl)CC1. The summed E-state index contributed by atoms with van der Waals surface area (Å²) in [5.74, 6) is 0.608. The van der Waals surface area contributed by atoms with Crippen molar-refractivity contribution in [2.45, 2.75) is 25.5 Å². The lowest BCUT2D eigenvalue weighted by molar-refractivity contribution is 0.303. The highest BCUT2D eigenvalue weighted by Gasteiger charge is 2.27. The average Bonchev–Trinajstić information content (AvgIpc) is 2.44. The summed E-state index contributed by atoms with van der Waals surface area (Å²) in [5.41, 5.74) is 0. The molecule has 96 valence electrons. The minimum absolute atomic E-state index is 0.327. The number of nitrogens with zero attached hydrogens (tertiary/aromatic N) is 2. The summed E-state index contributed by atoms with van der Waals surface area (Å²) in [4.78, 5) is 2.23. The van der Waals surface area contributed by atoms with Gasteiger partial charge >= 0.3 is 0 Å². The summed E-state index contributed by atoms with van der Waals surface area (Å²) in [7, 11) is -3.09. The van der Waals surface area contributed by atoms with E-state index in [0.29, 0.717) is 19.0 Å². The molecule has 0 bridgehead atoms. The van der Waals surface area contributed by atoms with Crippen LogP contribution in [0, 0.1) is 0 Å². The Morgan fingerprint density at radius 3 is 2.44 bits per heavy atom. The lowest BCUT2D eigenvalue weighted by atomic mass is 10.4. The minimum Gasteiger partial charge on any atom is -0.301 e. The molecular weight excluding hydrogens is 248 g/mol. The Morgan fingerprint density at radius 2 is 1.88 bits per heavy atom. The van der Waals surface area contributed by atoms with E-state index in [1.807, 2.05) is 0 Å². The predicted molar refractivity (Wildman–Crippen MR) is 67.4 cm³/mol. The van der Waals surface area contributed by atoms with Crippen molar-refractivity contribution in [1.82, 2.24) is 9.21 Å². The summed E-state index contributed by atoms with van der Waals surface area (Å²) >= 11 is 5.69. The Bertz CT molecular complexity index is 306. The van der Waals surface area contributed by atoms with Gasteiger partial charge < -0.3 is 4.90 Å². The molecule has 1 aliphatic rings. The molecular formula is C10H21ClN2O2S. The number of halogens is 1. The number of alkyl halides is 1. The highest BCUT2D eigenvalue weighted by Crippen LogP contribution is 2.12. The molecule has 0 radical (unpaired) electrons. The zero-order valence-corrected chi connectivity index (χ0v) is 11.6. The van der Waals surface area contributed by atoms with Crippen LogP contribution in [0.3, 0.4) is 0 Å². The fourth-order valence-electron chi connectivity index (χ4n) is 1.84. The molecule has 0 aromatic rings. The number of hydrogen-bond donors (Lipinski definition) is 0. The van der Waals surface area contributed by atoms with E-state index in [4.69, 9.17) is 11.6 Å². The summed E-state index contributed by atoms with van der Waals surface area (Å²) < 4.78 is 25.6. The topological polar surface area (TPSA) is 40.6 Å². The molecule has 1 saturated heterocycles. The first-order chi connectivity index (χ1) is 7.48. The second-order valence-corrected chi connectivity index (χ2v) is 7.24. The van der Waals surface area contributed by atoms with Crippen LogP contribution >= 0.6 is 11.6 Å². The van der Waals surface area contributed by atoms with Crippen LogP contribution in [0.1, 0.15) is 20.3 Å². The molecule has 0 aliphatic carbocycles. The van der Waals surface area contributed by atoms with Gasteiger partial charge in [0, 0.05) is 32.1 Å². The van der Waals surface area contributed by atoms with Crippen molar-refractivity contribution in [2.75, 3.05) is 38.6 Å². The highest BCUT2D eigenvalue weighted by molar-refractivity contribution is 7.89. The van der Waals surface area contributed by atoms with Crippen LogP contribution in [0.5, 0.6) is 0 Å². The van der Waals surface area contributed by atoms with Gasteiger partial charge in [-0.25, -0.2) is 12.7 Å². The Kier molecular flexibility index (Phi) is 5.50. The largest absolute Gasteiger partial charge is 0.301 e. The summed E-state index contributed by atoms with van der Waals surface area (Å²) in [6.07, 6.45) is 0.892. The van der Waals surface area contributed by atoms with E-state index in [9.17, 15) is 8.42 Å². The first-order valence-electron chi connectivity index (χ1n) is 5.75. The van der Waals surface area contributed by atoms with Crippen LogP contribution in [0.4, 0.5) is 0 Å². The van der Waals surface area contributed by atoms with Crippen LogP contribution in [0.2, 0.25) is 0 Å². The highest BCUT2D eigenvalue weighted by atomic mass is 35.5. The Balaban J connectivity index is 2.60. The number of sulfonamides is 1. The Hall–Kier alpha value is 0.160. The lowest BCUT2D eigenvalue weighted by Gasteiger charge is -2.22. The van der Waals surface area contributed by atoms with E-state index in [0.717, 1.165) is 26.1 Å². The second-order valence-electron chi connectivity index (χ2n) is 4.38. The average molecular weight is 269 g/mol. The van der Waals surface area contributed by atoms with Crippen LogP contribution < -0.4 is 0 Å². The van der Waals surface area contributed by atoms with Crippen molar-refractivity contribution in [3.8, 4) is 0 Å². The molecule has 0 aromatic heterocycles. The van der Waals surface area contributed by atoms with Gasteiger partial charge in [-0.15, -0.1) is 11.6 Å². The van der Waals surface area contributed by atoms with E-state index in [1.165, 1.54) is 0 Å². The molecule has 0 amide bonds. The summed E-state index contributed by atoms with van der Waals surface area (Å²) in [6, 6.07) is 0.